The van der Waals surface area contributed by atoms with Crippen LogP contribution in [0.2, 0.25) is 0 Å². The number of benzene rings is 2. The van der Waals surface area contributed by atoms with Gasteiger partial charge >= 0.3 is 0 Å². The number of nitrogens with zero attached hydrogens (tertiary/aromatic N) is 3. The van der Waals surface area contributed by atoms with Gasteiger partial charge in [0.1, 0.15) is 0 Å². The van der Waals surface area contributed by atoms with Crippen molar-refractivity contribution in [1.29, 1.82) is 0 Å². The molecule has 0 bridgehead atoms. The number of hydrogen-bond acceptors (Lipinski definition) is 7. The smallest absolute Gasteiger partial charge is 0.257 e. The molecule has 0 aliphatic carbocycles. The largest absolute Gasteiger partial charge is 0.298 e. The topological polar surface area (TPSA) is 117 Å². The summed E-state index contributed by atoms with van der Waals surface area (Å²) in [6, 6.07) is 10.8. The first kappa shape index (κ1) is 21.1. The third-order valence-corrected chi connectivity index (χ3v) is 7.52. The van der Waals surface area contributed by atoms with E-state index in [1.807, 2.05) is 0 Å². The van der Waals surface area contributed by atoms with E-state index in [2.05, 4.69) is 10.3 Å². The predicted molar refractivity (Wildman–Crippen MR) is 117 cm³/mol. The van der Waals surface area contributed by atoms with Crippen LogP contribution in [0.15, 0.2) is 47.4 Å². The Bertz CT molecular complexity index is 1310. The van der Waals surface area contributed by atoms with Crippen LogP contribution in [0.5, 0.6) is 0 Å². The maximum Gasteiger partial charge on any atom is 0.257 e. The second kappa shape index (κ2) is 7.84. The molecular weight excluding hydrogens is 440 g/mol. The molecule has 1 aliphatic rings. The van der Waals surface area contributed by atoms with E-state index in [-0.39, 0.29) is 35.1 Å². The van der Waals surface area contributed by atoms with E-state index in [1.165, 1.54) is 32.3 Å². The molecule has 11 heteroatoms. The zero-order valence-corrected chi connectivity index (χ0v) is 18.3. The normalized spacial score (nSPS) is 14.6. The standard InChI is InChI=1S/C20H18N4O5S2/c1-23(2)31(28,29)14-6-7-15-16(11-14)30-20(21-15)22-19(27)12-4-3-5-13(10-12)24-17(25)8-9-18(24)26/h3-7,10-11H,8-9H2,1-2H3,(H,21,22,27). The maximum atomic E-state index is 12.7. The summed E-state index contributed by atoms with van der Waals surface area (Å²) in [7, 11) is -0.675. The van der Waals surface area contributed by atoms with E-state index in [0.29, 0.717) is 21.0 Å². The van der Waals surface area contributed by atoms with Crippen molar-refractivity contribution >= 4 is 60.1 Å². The molecular formula is C20H18N4O5S2. The Hall–Kier alpha value is -3.15. The Kier molecular flexibility index (Phi) is 5.33. The van der Waals surface area contributed by atoms with Crippen molar-refractivity contribution in [2.45, 2.75) is 17.7 Å². The van der Waals surface area contributed by atoms with E-state index >= 15 is 0 Å². The van der Waals surface area contributed by atoms with E-state index in [1.54, 1.807) is 24.3 Å². The van der Waals surface area contributed by atoms with Crippen molar-refractivity contribution in [3.8, 4) is 0 Å². The van der Waals surface area contributed by atoms with Crippen molar-refractivity contribution in [3.05, 3.63) is 48.0 Å². The number of hydrogen-bond donors (Lipinski definition) is 1. The fourth-order valence-electron chi connectivity index (χ4n) is 3.15. The van der Waals surface area contributed by atoms with Gasteiger partial charge in [0.25, 0.3) is 5.91 Å². The fraction of sp³-hybridized carbons (Fsp3) is 0.200. The molecule has 0 unspecified atom stereocenters. The quantitative estimate of drug-likeness (QED) is 0.587. The monoisotopic (exact) mass is 458 g/mol. The highest BCUT2D eigenvalue weighted by molar-refractivity contribution is 7.89. The van der Waals surface area contributed by atoms with Crippen LogP contribution in [0, 0.1) is 0 Å². The van der Waals surface area contributed by atoms with Gasteiger partial charge < -0.3 is 0 Å². The number of thiazole rings is 1. The summed E-state index contributed by atoms with van der Waals surface area (Å²) in [5, 5.41) is 2.99. The molecule has 1 N–H and O–H groups in total. The highest BCUT2D eigenvalue weighted by Crippen LogP contribution is 2.29. The van der Waals surface area contributed by atoms with Crippen LogP contribution < -0.4 is 10.2 Å². The van der Waals surface area contributed by atoms with E-state index in [4.69, 9.17) is 0 Å². The molecule has 1 aliphatic heterocycles. The van der Waals surface area contributed by atoms with E-state index < -0.39 is 15.9 Å². The summed E-state index contributed by atoms with van der Waals surface area (Å²) >= 11 is 1.15. The third kappa shape index (κ3) is 3.94. The van der Waals surface area contributed by atoms with E-state index in [0.717, 1.165) is 20.5 Å². The molecule has 1 fully saturated rings. The summed E-state index contributed by atoms with van der Waals surface area (Å²) in [6.45, 7) is 0. The van der Waals surface area contributed by atoms with Gasteiger partial charge in [0, 0.05) is 32.5 Å². The summed E-state index contributed by atoms with van der Waals surface area (Å²) in [6.07, 6.45) is 0.318. The molecule has 2 heterocycles. The van der Waals surface area contributed by atoms with Crippen LogP contribution in [0.3, 0.4) is 0 Å². The molecule has 0 atom stereocenters. The number of nitrogens with one attached hydrogen (secondary N) is 1. The molecule has 1 aromatic heterocycles. The Morgan fingerprint density at radius 3 is 2.48 bits per heavy atom. The minimum atomic E-state index is -3.58. The fourth-order valence-corrected chi connectivity index (χ4v) is 5.05. The van der Waals surface area contributed by atoms with Gasteiger partial charge in [-0.3, -0.25) is 24.6 Å². The van der Waals surface area contributed by atoms with Crippen LogP contribution in [0.4, 0.5) is 10.8 Å². The van der Waals surface area contributed by atoms with Gasteiger partial charge in [-0.15, -0.1) is 0 Å². The number of rotatable bonds is 5. The zero-order chi connectivity index (χ0) is 22.3. The highest BCUT2D eigenvalue weighted by Gasteiger charge is 2.30. The summed E-state index contributed by atoms with van der Waals surface area (Å²) in [5.41, 5.74) is 1.17. The van der Waals surface area contributed by atoms with Gasteiger partial charge in [0.15, 0.2) is 5.13 Å². The SMILES string of the molecule is CN(C)S(=O)(=O)c1ccc2nc(NC(=O)c3cccc(N4C(=O)CCC4=O)c3)sc2c1. The van der Waals surface area contributed by atoms with Crippen molar-refractivity contribution in [3.63, 3.8) is 0 Å². The van der Waals surface area contributed by atoms with Gasteiger partial charge in [0.05, 0.1) is 20.8 Å². The number of carbonyl (C=O) groups excluding carboxylic acids is 3. The lowest BCUT2D eigenvalue weighted by Gasteiger charge is -2.14. The molecule has 2 aromatic carbocycles. The Morgan fingerprint density at radius 1 is 1.10 bits per heavy atom. The average molecular weight is 459 g/mol. The summed E-state index contributed by atoms with van der Waals surface area (Å²) in [4.78, 5) is 42.1. The Balaban J connectivity index is 1.58. The summed E-state index contributed by atoms with van der Waals surface area (Å²) < 4.78 is 26.4. The van der Waals surface area contributed by atoms with Crippen molar-refractivity contribution in [2.75, 3.05) is 24.3 Å². The second-order valence-corrected chi connectivity index (χ2v) is 10.2. The maximum absolute atomic E-state index is 12.7. The molecule has 31 heavy (non-hydrogen) atoms. The number of imide groups is 1. The van der Waals surface area contributed by atoms with Gasteiger partial charge in [-0.05, 0) is 36.4 Å². The Morgan fingerprint density at radius 2 is 1.81 bits per heavy atom. The molecule has 3 aromatic rings. The number of carbonyl (C=O) groups is 3. The van der Waals surface area contributed by atoms with Crippen LogP contribution in [-0.2, 0) is 19.6 Å². The van der Waals surface area contributed by atoms with Gasteiger partial charge in [-0.25, -0.2) is 17.7 Å². The lowest BCUT2D eigenvalue weighted by Crippen LogP contribution is -2.28. The van der Waals surface area contributed by atoms with E-state index in [9.17, 15) is 22.8 Å². The first-order chi connectivity index (χ1) is 14.7. The number of anilines is 2. The molecule has 1 saturated heterocycles. The average Bonchev–Trinajstić information content (AvgIpc) is 3.29. The highest BCUT2D eigenvalue weighted by atomic mass is 32.2. The van der Waals surface area contributed by atoms with Crippen molar-refractivity contribution in [1.82, 2.24) is 9.29 Å². The van der Waals surface area contributed by atoms with Crippen LogP contribution in [0.1, 0.15) is 23.2 Å². The van der Waals surface area contributed by atoms with Gasteiger partial charge in [-0.2, -0.15) is 0 Å². The zero-order valence-electron chi connectivity index (χ0n) is 16.7. The Labute approximate surface area is 182 Å². The molecule has 0 spiro atoms. The number of sulfonamides is 1. The number of fused-ring (bicyclic) bond motifs is 1. The van der Waals surface area contributed by atoms with Crippen LogP contribution in [-0.4, -0.2) is 49.5 Å². The first-order valence-corrected chi connectivity index (χ1v) is 11.5. The molecule has 0 saturated carbocycles. The minimum Gasteiger partial charge on any atom is -0.298 e. The molecule has 160 valence electrons. The molecule has 4 rings (SSSR count). The van der Waals surface area contributed by atoms with Crippen LogP contribution in [0.25, 0.3) is 10.2 Å². The number of amides is 3. The second-order valence-electron chi connectivity index (χ2n) is 7.06. The molecule has 3 amide bonds. The third-order valence-electron chi connectivity index (χ3n) is 4.78. The van der Waals surface area contributed by atoms with Gasteiger partial charge in [0.2, 0.25) is 21.8 Å². The summed E-state index contributed by atoms with van der Waals surface area (Å²) in [5.74, 6) is -1.05. The lowest BCUT2D eigenvalue weighted by atomic mass is 10.2. The predicted octanol–water partition coefficient (Wildman–Crippen LogP) is 2.45. The van der Waals surface area contributed by atoms with Crippen LogP contribution >= 0.6 is 11.3 Å². The molecule has 9 nitrogen and oxygen atoms in total. The minimum absolute atomic E-state index is 0.138. The van der Waals surface area contributed by atoms with Crippen molar-refractivity contribution in [2.24, 2.45) is 0 Å². The number of aromatic nitrogens is 1. The van der Waals surface area contributed by atoms with Gasteiger partial charge in [-0.1, -0.05) is 17.4 Å². The first-order valence-electron chi connectivity index (χ1n) is 9.27. The van der Waals surface area contributed by atoms with Crippen molar-refractivity contribution < 1.29 is 22.8 Å². The lowest BCUT2D eigenvalue weighted by molar-refractivity contribution is -0.121. The molecule has 0 radical (unpaired) electrons.